The predicted octanol–water partition coefficient (Wildman–Crippen LogP) is 3.75. The zero-order valence-electron chi connectivity index (χ0n) is 15.7. The van der Waals surface area contributed by atoms with Crippen LogP contribution in [0, 0.1) is 24.5 Å². The molecule has 2 aliphatic heterocycles. The number of halogens is 2. The number of hydrogen-bond acceptors (Lipinski definition) is 3. The third kappa shape index (κ3) is 3.91. The van der Waals surface area contributed by atoms with E-state index >= 15 is 0 Å². The molecule has 0 spiro atoms. The third-order valence-corrected chi connectivity index (χ3v) is 6.10. The summed E-state index contributed by atoms with van der Waals surface area (Å²) in [6.45, 7) is 5.65. The number of nitrogens with zero attached hydrogens (tertiary/aromatic N) is 1. The van der Waals surface area contributed by atoms with E-state index in [4.69, 9.17) is 0 Å². The van der Waals surface area contributed by atoms with E-state index in [2.05, 4.69) is 46.9 Å². The van der Waals surface area contributed by atoms with Crippen molar-refractivity contribution in [3.63, 3.8) is 0 Å². The Balaban J connectivity index is 1.50. The van der Waals surface area contributed by atoms with Gasteiger partial charge < -0.3 is 0 Å². The van der Waals surface area contributed by atoms with Gasteiger partial charge in [0.2, 0.25) is 0 Å². The summed E-state index contributed by atoms with van der Waals surface area (Å²) in [6, 6.07) is 12.7. The Bertz CT molecular complexity index is 775. The maximum absolute atomic E-state index is 14.3. The molecule has 2 aromatic carbocycles. The standard InChI is InChI=1S/C22H27F2N3/c1-15-6-2-3-7-16(15)13-27-11-5-8-17(14-27)22-18(12-25-26-22)21-19(23)9-4-10-20(21)24/h2-4,6-7,9-10,17-18,22,25-26H,5,8,11-14H2,1H3. The van der Waals surface area contributed by atoms with E-state index in [-0.39, 0.29) is 17.5 Å². The van der Waals surface area contributed by atoms with Crippen LogP contribution in [0.25, 0.3) is 0 Å². The average Bonchev–Trinajstić information content (AvgIpc) is 3.13. The van der Waals surface area contributed by atoms with Crippen molar-refractivity contribution in [1.29, 1.82) is 0 Å². The molecule has 27 heavy (non-hydrogen) atoms. The van der Waals surface area contributed by atoms with E-state index in [1.165, 1.54) is 29.3 Å². The van der Waals surface area contributed by atoms with Gasteiger partial charge in [-0.2, -0.15) is 0 Å². The zero-order chi connectivity index (χ0) is 18.8. The van der Waals surface area contributed by atoms with E-state index in [9.17, 15) is 8.78 Å². The molecule has 3 nitrogen and oxygen atoms in total. The first-order valence-electron chi connectivity index (χ1n) is 9.82. The Morgan fingerprint density at radius 3 is 2.63 bits per heavy atom. The Morgan fingerprint density at radius 1 is 1.07 bits per heavy atom. The molecule has 2 saturated heterocycles. The molecular formula is C22H27F2N3. The monoisotopic (exact) mass is 371 g/mol. The topological polar surface area (TPSA) is 27.3 Å². The molecular weight excluding hydrogens is 344 g/mol. The molecule has 144 valence electrons. The Kier molecular flexibility index (Phi) is 5.53. The normalized spacial score (nSPS) is 26.4. The molecule has 5 heteroatoms. The van der Waals surface area contributed by atoms with Gasteiger partial charge in [0.05, 0.1) is 0 Å². The number of rotatable bonds is 4. The minimum atomic E-state index is -0.442. The first kappa shape index (κ1) is 18.5. The minimum absolute atomic E-state index is 0.0380. The van der Waals surface area contributed by atoms with E-state index in [0.717, 1.165) is 32.5 Å². The van der Waals surface area contributed by atoms with Crippen LogP contribution in [0.15, 0.2) is 42.5 Å². The van der Waals surface area contributed by atoms with Crippen molar-refractivity contribution in [3.05, 3.63) is 70.8 Å². The van der Waals surface area contributed by atoms with E-state index in [0.29, 0.717) is 12.5 Å². The van der Waals surface area contributed by atoms with E-state index in [1.807, 2.05) is 0 Å². The molecule has 0 saturated carbocycles. The zero-order valence-corrected chi connectivity index (χ0v) is 15.7. The highest BCUT2D eigenvalue weighted by Gasteiger charge is 2.39. The first-order chi connectivity index (χ1) is 13.1. The Morgan fingerprint density at radius 2 is 1.85 bits per heavy atom. The van der Waals surface area contributed by atoms with Crippen molar-refractivity contribution in [3.8, 4) is 0 Å². The number of benzene rings is 2. The molecule has 2 fully saturated rings. The van der Waals surface area contributed by atoms with Crippen LogP contribution in [-0.2, 0) is 6.54 Å². The number of likely N-dealkylation sites (tertiary alicyclic amines) is 1. The van der Waals surface area contributed by atoms with Crippen LogP contribution in [0.2, 0.25) is 0 Å². The molecule has 0 aliphatic carbocycles. The number of piperidine rings is 1. The van der Waals surface area contributed by atoms with Crippen molar-refractivity contribution < 1.29 is 8.78 Å². The summed E-state index contributed by atoms with van der Waals surface area (Å²) in [5.41, 5.74) is 9.34. The van der Waals surface area contributed by atoms with E-state index < -0.39 is 11.6 Å². The van der Waals surface area contributed by atoms with Gasteiger partial charge in [-0.05, 0) is 55.5 Å². The lowest BCUT2D eigenvalue weighted by molar-refractivity contribution is 0.138. The first-order valence-corrected chi connectivity index (χ1v) is 9.82. The van der Waals surface area contributed by atoms with Gasteiger partial charge in [-0.25, -0.2) is 8.78 Å². The number of nitrogens with one attached hydrogen (secondary N) is 2. The smallest absolute Gasteiger partial charge is 0.129 e. The van der Waals surface area contributed by atoms with E-state index in [1.54, 1.807) is 0 Å². The van der Waals surface area contributed by atoms with Gasteiger partial charge >= 0.3 is 0 Å². The number of hydrogen-bond donors (Lipinski definition) is 2. The van der Waals surface area contributed by atoms with Crippen LogP contribution < -0.4 is 10.9 Å². The fourth-order valence-electron chi connectivity index (χ4n) is 4.66. The maximum atomic E-state index is 14.3. The summed E-state index contributed by atoms with van der Waals surface area (Å²) >= 11 is 0. The van der Waals surface area contributed by atoms with Gasteiger partial charge in [0.1, 0.15) is 11.6 Å². The number of hydrazine groups is 1. The molecule has 0 radical (unpaired) electrons. The highest BCUT2D eigenvalue weighted by atomic mass is 19.1. The minimum Gasteiger partial charge on any atom is -0.299 e. The van der Waals surface area contributed by atoms with Crippen LogP contribution in [0.1, 0.15) is 35.4 Å². The predicted molar refractivity (Wildman–Crippen MR) is 103 cm³/mol. The van der Waals surface area contributed by atoms with Gasteiger partial charge in [-0.15, -0.1) is 0 Å². The summed E-state index contributed by atoms with van der Waals surface area (Å²) < 4.78 is 28.7. The Hall–Kier alpha value is -1.82. The SMILES string of the molecule is Cc1ccccc1CN1CCCC(C2NNCC2c2c(F)cccc2F)C1. The van der Waals surface area contributed by atoms with Gasteiger partial charge in [0.25, 0.3) is 0 Å². The highest BCUT2D eigenvalue weighted by molar-refractivity contribution is 5.28. The highest BCUT2D eigenvalue weighted by Crippen LogP contribution is 2.34. The lowest BCUT2D eigenvalue weighted by Gasteiger charge is -2.37. The summed E-state index contributed by atoms with van der Waals surface area (Å²) in [5, 5.41) is 0. The third-order valence-electron chi connectivity index (χ3n) is 6.10. The lowest BCUT2D eigenvalue weighted by atomic mass is 9.80. The van der Waals surface area contributed by atoms with Crippen LogP contribution in [-0.4, -0.2) is 30.6 Å². The number of aryl methyl sites for hydroxylation is 1. The van der Waals surface area contributed by atoms with Gasteiger partial charge in [-0.3, -0.25) is 15.8 Å². The van der Waals surface area contributed by atoms with Gasteiger partial charge in [0, 0.05) is 37.2 Å². The fourth-order valence-corrected chi connectivity index (χ4v) is 4.66. The molecule has 2 aliphatic rings. The van der Waals surface area contributed by atoms with Crippen LogP contribution in [0.3, 0.4) is 0 Å². The molecule has 2 aromatic rings. The molecule has 3 atom stereocenters. The van der Waals surface area contributed by atoms with Crippen molar-refractivity contribution >= 4 is 0 Å². The van der Waals surface area contributed by atoms with Crippen LogP contribution in [0.4, 0.5) is 8.78 Å². The van der Waals surface area contributed by atoms with Crippen LogP contribution >= 0.6 is 0 Å². The molecule has 0 aromatic heterocycles. The molecule has 2 heterocycles. The Labute approximate surface area is 159 Å². The molecule has 2 N–H and O–H groups in total. The fraction of sp³-hybridized carbons (Fsp3) is 0.455. The average molecular weight is 371 g/mol. The summed E-state index contributed by atoms with van der Waals surface area (Å²) in [4.78, 5) is 2.48. The largest absolute Gasteiger partial charge is 0.299 e. The quantitative estimate of drug-likeness (QED) is 0.857. The lowest BCUT2D eigenvalue weighted by Crippen LogP contribution is -2.46. The second-order valence-electron chi connectivity index (χ2n) is 7.86. The summed E-state index contributed by atoms with van der Waals surface area (Å²) in [6.07, 6.45) is 2.19. The van der Waals surface area contributed by atoms with Crippen molar-refractivity contribution in [2.45, 2.75) is 38.3 Å². The maximum Gasteiger partial charge on any atom is 0.129 e. The van der Waals surface area contributed by atoms with Crippen molar-refractivity contribution in [1.82, 2.24) is 15.8 Å². The van der Waals surface area contributed by atoms with Crippen molar-refractivity contribution in [2.24, 2.45) is 5.92 Å². The van der Waals surface area contributed by atoms with Crippen molar-refractivity contribution in [2.75, 3.05) is 19.6 Å². The summed E-state index contributed by atoms with van der Waals surface area (Å²) in [5.74, 6) is -0.706. The molecule has 4 rings (SSSR count). The van der Waals surface area contributed by atoms with Crippen LogP contribution in [0.5, 0.6) is 0 Å². The van der Waals surface area contributed by atoms with Gasteiger partial charge in [-0.1, -0.05) is 30.3 Å². The van der Waals surface area contributed by atoms with Gasteiger partial charge in [0.15, 0.2) is 0 Å². The second kappa shape index (κ2) is 8.05. The summed E-state index contributed by atoms with van der Waals surface area (Å²) in [7, 11) is 0. The second-order valence-corrected chi connectivity index (χ2v) is 7.86. The molecule has 0 amide bonds. The molecule has 3 unspecified atom stereocenters. The molecule has 0 bridgehead atoms.